The standard InChI is InChI=1S/C6H2B2F3NO/c7-2-1-3(8)5(13)12-4(2)6(9,10)11/h1H,(H,12,13). The lowest BCUT2D eigenvalue weighted by molar-refractivity contribution is -0.140. The molecule has 0 bridgehead atoms. The van der Waals surface area contributed by atoms with E-state index in [4.69, 9.17) is 15.7 Å². The maximum absolute atomic E-state index is 12.1. The SMILES string of the molecule is [B]c1cc([B])c(=O)[nH]c1C(F)(F)F. The van der Waals surface area contributed by atoms with Crippen molar-refractivity contribution in [3.8, 4) is 0 Å². The number of nitrogens with one attached hydrogen (secondary N) is 1. The highest BCUT2D eigenvalue weighted by atomic mass is 19.4. The van der Waals surface area contributed by atoms with Crippen molar-refractivity contribution >= 4 is 26.6 Å². The topological polar surface area (TPSA) is 32.9 Å². The van der Waals surface area contributed by atoms with E-state index in [2.05, 4.69) is 0 Å². The molecule has 64 valence electrons. The molecular weight excluding hydrogens is 181 g/mol. The highest BCUT2D eigenvalue weighted by molar-refractivity contribution is 6.38. The largest absolute Gasteiger partial charge is 0.430 e. The molecule has 1 rings (SSSR count). The van der Waals surface area contributed by atoms with Crippen LogP contribution in [0.25, 0.3) is 0 Å². The summed E-state index contributed by atoms with van der Waals surface area (Å²) in [5.41, 5.74) is -3.21. The second-order valence-electron chi connectivity index (χ2n) is 2.38. The normalized spacial score (nSPS) is 11.6. The van der Waals surface area contributed by atoms with E-state index in [1.807, 2.05) is 0 Å². The van der Waals surface area contributed by atoms with Gasteiger partial charge in [0.2, 0.25) is 5.56 Å². The average molecular weight is 183 g/mol. The number of aromatic amines is 1. The van der Waals surface area contributed by atoms with Gasteiger partial charge in [0.25, 0.3) is 0 Å². The van der Waals surface area contributed by atoms with Gasteiger partial charge in [-0.15, -0.1) is 0 Å². The highest BCUT2D eigenvalue weighted by Gasteiger charge is 2.33. The second-order valence-corrected chi connectivity index (χ2v) is 2.38. The molecule has 1 aromatic rings. The lowest BCUT2D eigenvalue weighted by Gasteiger charge is -2.10. The van der Waals surface area contributed by atoms with Crippen LogP contribution in [0, 0.1) is 0 Å². The highest BCUT2D eigenvalue weighted by Crippen LogP contribution is 2.24. The molecule has 1 heterocycles. The minimum Gasteiger partial charge on any atom is -0.319 e. The van der Waals surface area contributed by atoms with E-state index in [0.29, 0.717) is 0 Å². The Kier molecular flexibility index (Phi) is 2.28. The first-order valence-corrected chi connectivity index (χ1v) is 3.18. The molecule has 0 atom stereocenters. The maximum atomic E-state index is 12.1. The molecule has 0 aromatic carbocycles. The fourth-order valence-electron chi connectivity index (χ4n) is 0.798. The van der Waals surface area contributed by atoms with Crippen molar-refractivity contribution in [3.05, 3.63) is 22.1 Å². The monoisotopic (exact) mass is 183 g/mol. The van der Waals surface area contributed by atoms with Crippen molar-refractivity contribution in [2.45, 2.75) is 6.18 Å². The Labute approximate surface area is 74.0 Å². The Hall–Kier alpha value is -1.13. The fourth-order valence-corrected chi connectivity index (χ4v) is 0.798. The molecule has 0 fully saturated rings. The van der Waals surface area contributed by atoms with Gasteiger partial charge < -0.3 is 4.98 Å². The molecule has 4 radical (unpaired) electrons. The number of pyridine rings is 1. The Morgan fingerprint density at radius 1 is 1.23 bits per heavy atom. The van der Waals surface area contributed by atoms with E-state index in [9.17, 15) is 18.0 Å². The number of alkyl halides is 3. The molecule has 1 aromatic heterocycles. The van der Waals surface area contributed by atoms with Crippen LogP contribution < -0.4 is 16.5 Å². The van der Waals surface area contributed by atoms with Crippen molar-refractivity contribution < 1.29 is 13.2 Å². The van der Waals surface area contributed by atoms with E-state index in [1.54, 1.807) is 4.98 Å². The predicted molar refractivity (Wildman–Crippen MR) is 42.8 cm³/mol. The first-order chi connectivity index (χ1) is 5.82. The Morgan fingerprint density at radius 3 is 2.23 bits per heavy atom. The second kappa shape index (κ2) is 2.97. The molecular formula is C6H2B2F3NO. The number of hydrogen-bond donors (Lipinski definition) is 1. The van der Waals surface area contributed by atoms with Crippen molar-refractivity contribution in [2.75, 3.05) is 0 Å². The summed E-state index contributed by atoms with van der Waals surface area (Å²) in [6.45, 7) is 0. The number of hydrogen-bond acceptors (Lipinski definition) is 1. The summed E-state index contributed by atoms with van der Waals surface area (Å²) in [6, 6.07) is 0.779. The van der Waals surface area contributed by atoms with Crippen molar-refractivity contribution in [1.82, 2.24) is 4.98 Å². The molecule has 1 N–H and O–H groups in total. The minimum atomic E-state index is -4.67. The molecule has 0 unspecified atom stereocenters. The Morgan fingerprint density at radius 2 is 1.77 bits per heavy atom. The van der Waals surface area contributed by atoms with Crippen molar-refractivity contribution in [1.29, 1.82) is 0 Å². The minimum absolute atomic E-state index is 0.342. The van der Waals surface area contributed by atoms with Crippen LogP contribution in [0.4, 0.5) is 13.2 Å². The van der Waals surface area contributed by atoms with Crippen molar-refractivity contribution in [2.24, 2.45) is 0 Å². The molecule has 7 heteroatoms. The van der Waals surface area contributed by atoms with Gasteiger partial charge in [0.15, 0.2) is 0 Å². The zero-order chi connectivity index (χ0) is 10.2. The lowest BCUT2D eigenvalue weighted by atomic mass is 9.87. The van der Waals surface area contributed by atoms with E-state index < -0.39 is 22.9 Å². The lowest BCUT2D eigenvalue weighted by Crippen LogP contribution is -2.37. The molecule has 0 aliphatic heterocycles. The van der Waals surface area contributed by atoms with E-state index in [0.717, 1.165) is 6.07 Å². The first-order valence-electron chi connectivity index (χ1n) is 3.18. The van der Waals surface area contributed by atoms with Gasteiger partial charge in [-0.2, -0.15) is 13.2 Å². The van der Waals surface area contributed by atoms with Crippen LogP contribution in [0.3, 0.4) is 0 Å². The summed E-state index contributed by atoms with van der Waals surface area (Å²) in [5.74, 6) is 0. The van der Waals surface area contributed by atoms with Crippen LogP contribution in [0.5, 0.6) is 0 Å². The third-order valence-corrected chi connectivity index (χ3v) is 1.38. The van der Waals surface area contributed by atoms with Gasteiger partial charge in [-0.25, -0.2) is 0 Å². The summed E-state index contributed by atoms with van der Waals surface area (Å²) in [7, 11) is 10.0. The molecule has 0 spiro atoms. The van der Waals surface area contributed by atoms with Crippen LogP contribution in [-0.2, 0) is 6.18 Å². The molecule has 2 nitrogen and oxygen atoms in total. The fraction of sp³-hybridized carbons (Fsp3) is 0.167. The third-order valence-electron chi connectivity index (χ3n) is 1.38. The van der Waals surface area contributed by atoms with Crippen LogP contribution in [0.15, 0.2) is 10.9 Å². The summed E-state index contributed by atoms with van der Waals surface area (Å²) in [4.78, 5) is 12.3. The smallest absolute Gasteiger partial charge is 0.319 e. The van der Waals surface area contributed by atoms with Gasteiger partial charge >= 0.3 is 6.18 Å². The van der Waals surface area contributed by atoms with Gasteiger partial charge in [-0.3, -0.25) is 4.79 Å². The van der Waals surface area contributed by atoms with Crippen LogP contribution >= 0.6 is 0 Å². The zero-order valence-electron chi connectivity index (χ0n) is 6.27. The maximum Gasteiger partial charge on any atom is 0.430 e. The molecule has 0 saturated heterocycles. The Bertz CT molecular complexity index is 384. The van der Waals surface area contributed by atoms with Gasteiger partial charge in [-0.1, -0.05) is 11.5 Å². The van der Waals surface area contributed by atoms with Crippen LogP contribution in [0.2, 0.25) is 0 Å². The summed E-state index contributed by atoms with van der Waals surface area (Å²) < 4.78 is 36.2. The van der Waals surface area contributed by atoms with Gasteiger partial charge in [-0.05, 0) is 5.46 Å². The molecule has 13 heavy (non-hydrogen) atoms. The quantitative estimate of drug-likeness (QED) is 0.513. The van der Waals surface area contributed by atoms with Crippen LogP contribution in [0.1, 0.15) is 5.69 Å². The van der Waals surface area contributed by atoms with E-state index >= 15 is 0 Å². The predicted octanol–water partition coefficient (Wildman–Crippen LogP) is -1.02. The van der Waals surface area contributed by atoms with Crippen molar-refractivity contribution in [3.63, 3.8) is 0 Å². The van der Waals surface area contributed by atoms with E-state index in [1.165, 1.54) is 0 Å². The number of halogens is 3. The number of rotatable bonds is 0. The van der Waals surface area contributed by atoms with E-state index in [-0.39, 0.29) is 5.46 Å². The third kappa shape index (κ3) is 1.96. The number of aromatic nitrogens is 1. The summed E-state index contributed by atoms with van der Waals surface area (Å²) in [5, 5.41) is 0. The summed E-state index contributed by atoms with van der Waals surface area (Å²) >= 11 is 0. The molecule has 0 aliphatic carbocycles. The average Bonchev–Trinajstić information content (AvgIpc) is 1.94. The van der Waals surface area contributed by atoms with Crippen LogP contribution in [-0.4, -0.2) is 20.7 Å². The van der Waals surface area contributed by atoms with Gasteiger partial charge in [0.05, 0.1) is 0 Å². The molecule has 0 aliphatic rings. The number of H-pyrrole nitrogens is 1. The van der Waals surface area contributed by atoms with Gasteiger partial charge in [0, 0.05) is 0 Å². The first kappa shape index (κ1) is 9.95. The molecule has 0 saturated carbocycles. The molecule has 0 amide bonds. The zero-order valence-corrected chi connectivity index (χ0v) is 6.27. The van der Waals surface area contributed by atoms with Gasteiger partial charge in [0.1, 0.15) is 21.4 Å². The Balaban J connectivity index is 3.41. The summed E-state index contributed by atoms with van der Waals surface area (Å²) in [6.07, 6.45) is -4.67.